The van der Waals surface area contributed by atoms with Gasteiger partial charge in [-0.25, -0.2) is 13.6 Å². The Labute approximate surface area is 147 Å². The lowest BCUT2D eigenvalue weighted by molar-refractivity contribution is -0.123. The number of hydrogen-bond donors (Lipinski definition) is 1. The minimum Gasteiger partial charge on any atom is -0.486 e. The number of ether oxygens (including phenoxy) is 3. The summed E-state index contributed by atoms with van der Waals surface area (Å²) in [5.41, 5.74) is 0.112. The fourth-order valence-electron chi connectivity index (χ4n) is 2.32. The van der Waals surface area contributed by atoms with E-state index in [4.69, 9.17) is 14.2 Å². The quantitative estimate of drug-likeness (QED) is 0.846. The number of carbonyl (C=O) groups excluding carboxylic acids is 2. The summed E-state index contributed by atoms with van der Waals surface area (Å²) < 4.78 is 42.1. The van der Waals surface area contributed by atoms with Crippen LogP contribution in [0.3, 0.4) is 0 Å². The minimum atomic E-state index is -1.18. The number of esters is 1. The molecule has 1 heterocycles. The SMILES string of the molecule is C[C@H](OC(=O)c1cc(F)cc(F)c1)C(=O)Nc1ccc2c(c1)OCCO2. The van der Waals surface area contributed by atoms with Crippen LogP contribution in [0.25, 0.3) is 0 Å². The molecule has 0 aliphatic carbocycles. The van der Waals surface area contributed by atoms with Crippen LogP contribution in [-0.2, 0) is 9.53 Å². The van der Waals surface area contributed by atoms with E-state index in [-0.39, 0.29) is 5.56 Å². The normalized spacial score (nSPS) is 13.7. The molecule has 1 aliphatic heterocycles. The molecule has 0 saturated carbocycles. The van der Waals surface area contributed by atoms with E-state index in [0.29, 0.717) is 36.5 Å². The first kappa shape index (κ1) is 17.7. The second-order valence-electron chi connectivity index (χ2n) is 5.55. The van der Waals surface area contributed by atoms with Crippen LogP contribution in [0.15, 0.2) is 36.4 Å². The first-order chi connectivity index (χ1) is 12.4. The molecule has 0 unspecified atom stereocenters. The van der Waals surface area contributed by atoms with Crippen molar-refractivity contribution in [2.75, 3.05) is 18.5 Å². The standard InChI is InChI=1S/C18H15F2NO5/c1-10(26-18(23)11-6-12(19)8-13(20)7-11)17(22)21-14-2-3-15-16(9-14)25-5-4-24-15/h2-3,6-10H,4-5H2,1H3,(H,21,22)/t10-/m0/s1. The van der Waals surface area contributed by atoms with Crippen LogP contribution < -0.4 is 14.8 Å². The van der Waals surface area contributed by atoms with Gasteiger partial charge in [-0.1, -0.05) is 0 Å². The Bertz CT molecular complexity index is 835. The summed E-state index contributed by atoms with van der Waals surface area (Å²) in [6.07, 6.45) is -1.18. The summed E-state index contributed by atoms with van der Waals surface area (Å²) in [6.45, 7) is 2.20. The highest BCUT2D eigenvalue weighted by Crippen LogP contribution is 2.32. The average molecular weight is 363 g/mol. The van der Waals surface area contributed by atoms with Crippen LogP contribution >= 0.6 is 0 Å². The second kappa shape index (κ2) is 7.38. The van der Waals surface area contributed by atoms with Crippen LogP contribution in [0.5, 0.6) is 11.5 Å². The first-order valence-corrected chi connectivity index (χ1v) is 7.80. The number of rotatable bonds is 4. The maximum absolute atomic E-state index is 13.2. The minimum absolute atomic E-state index is 0.318. The van der Waals surface area contributed by atoms with E-state index in [9.17, 15) is 18.4 Å². The van der Waals surface area contributed by atoms with Crippen molar-refractivity contribution in [1.29, 1.82) is 0 Å². The molecule has 1 aliphatic rings. The molecule has 0 aromatic heterocycles. The summed E-state index contributed by atoms with van der Waals surface area (Å²) in [6, 6.07) is 7.14. The molecule has 2 aromatic rings. The zero-order valence-electron chi connectivity index (χ0n) is 13.8. The third kappa shape index (κ3) is 4.08. The lowest BCUT2D eigenvalue weighted by Crippen LogP contribution is -2.30. The molecular weight excluding hydrogens is 348 g/mol. The molecule has 8 heteroatoms. The zero-order chi connectivity index (χ0) is 18.7. The van der Waals surface area contributed by atoms with Crippen molar-refractivity contribution < 1.29 is 32.6 Å². The number of amides is 1. The summed E-state index contributed by atoms with van der Waals surface area (Å²) in [5, 5.41) is 2.57. The Kier molecular flexibility index (Phi) is 5.01. The third-order valence-corrected chi connectivity index (χ3v) is 3.56. The molecule has 0 bridgehead atoms. The van der Waals surface area contributed by atoms with Crippen molar-refractivity contribution >= 4 is 17.6 Å². The van der Waals surface area contributed by atoms with Crippen LogP contribution in [0.4, 0.5) is 14.5 Å². The van der Waals surface area contributed by atoms with Gasteiger partial charge in [-0.05, 0) is 31.2 Å². The summed E-state index contributed by atoms with van der Waals surface area (Å²) in [5.74, 6) is -2.37. The molecule has 1 amide bonds. The number of carbonyl (C=O) groups is 2. The van der Waals surface area contributed by atoms with E-state index in [1.54, 1.807) is 18.2 Å². The van der Waals surface area contributed by atoms with Crippen molar-refractivity contribution in [3.8, 4) is 11.5 Å². The summed E-state index contributed by atoms with van der Waals surface area (Å²) >= 11 is 0. The largest absolute Gasteiger partial charge is 0.486 e. The van der Waals surface area contributed by atoms with Crippen molar-refractivity contribution in [2.45, 2.75) is 13.0 Å². The number of benzene rings is 2. The van der Waals surface area contributed by atoms with Gasteiger partial charge in [0.05, 0.1) is 5.56 Å². The molecule has 0 fully saturated rings. The van der Waals surface area contributed by atoms with E-state index >= 15 is 0 Å². The van der Waals surface area contributed by atoms with E-state index in [2.05, 4.69) is 5.32 Å². The monoisotopic (exact) mass is 363 g/mol. The molecule has 1 atom stereocenters. The van der Waals surface area contributed by atoms with Gasteiger partial charge in [0.15, 0.2) is 17.6 Å². The first-order valence-electron chi connectivity index (χ1n) is 7.80. The fraction of sp³-hybridized carbons (Fsp3) is 0.222. The van der Waals surface area contributed by atoms with E-state index in [0.717, 1.165) is 12.1 Å². The number of anilines is 1. The molecular formula is C18H15F2NO5. The molecule has 0 radical (unpaired) electrons. The zero-order valence-corrected chi connectivity index (χ0v) is 13.8. The van der Waals surface area contributed by atoms with Crippen molar-refractivity contribution in [1.82, 2.24) is 0 Å². The molecule has 6 nitrogen and oxygen atoms in total. The molecule has 1 N–H and O–H groups in total. The molecule has 0 saturated heterocycles. The van der Waals surface area contributed by atoms with Crippen LogP contribution in [0.1, 0.15) is 17.3 Å². The van der Waals surface area contributed by atoms with Gasteiger partial charge >= 0.3 is 5.97 Å². The number of halogens is 2. The van der Waals surface area contributed by atoms with E-state index in [1.165, 1.54) is 6.92 Å². The molecule has 136 valence electrons. The lowest BCUT2D eigenvalue weighted by atomic mass is 10.2. The van der Waals surface area contributed by atoms with Gasteiger partial charge in [0.2, 0.25) is 0 Å². The molecule has 26 heavy (non-hydrogen) atoms. The Balaban J connectivity index is 1.63. The number of hydrogen-bond acceptors (Lipinski definition) is 5. The Morgan fingerprint density at radius 2 is 1.69 bits per heavy atom. The topological polar surface area (TPSA) is 73.9 Å². The van der Waals surface area contributed by atoms with Gasteiger partial charge in [0, 0.05) is 17.8 Å². The van der Waals surface area contributed by atoms with Gasteiger partial charge in [0.1, 0.15) is 24.8 Å². The average Bonchev–Trinajstić information content (AvgIpc) is 2.60. The van der Waals surface area contributed by atoms with Gasteiger partial charge in [-0.3, -0.25) is 4.79 Å². The van der Waals surface area contributed by atoms with Gasteiger partial charge in [0.25, 0.3) is 5.91 Å². The molecule has 3 rings (SSSR count). The van der Waals surface area contributed by atoms with E-state index in [1.807, 2.05) is 0 Å². The Morgan fingerprint density at radius 1 is 1.04 bits per heavy atom. The van der Waals surface area contributed by atoms with E-state index < -0.39 is 29.6 Å². The maximum atomic E-state index is 13.2. The maximum Gasteiger partial charge on any atom is 0.339 e. The van der Waals surface area contributed by atoms with Crippen molar-refractivity contribution in [3.05, 3.63) is 53.6 Å². The fourth-order valence-corrected chi connectivity index (χ4v) is 2.32. The third-order valence-electron chi connectivity index (χ3n) is 3.56. The highest BCUT2D eigenvalue weighted by atomic mass is 19.1. The van der Waals surface area contributed by atoms with Gasteiger partial charge in [-0.2, -0.15) is 0 Å². The van der Waals surface area contributed by atoms with Gasteiger partial charge in [-0.15, -0.1) is 0 Å². The Morgan fingerprint density at radius 3 is 2.38 bits per heavy atom. The Hall–Kier alpha value is -3.16. The highest BCUT2D eigenvalue weighted by molar-refractivity contribution is 5.97. The lowest BCUT2D eigenvalue weighted by Gasteiger charge is -2.19. The summed E-state index contributed by atoms with van der Waals surface area (Å²) in [4.78, 5) is 24.1. The molecule has 2 aromatic carbocycles. The predicted molar refractivity (Wildman–Crippen MR) is 87.3 cm³/mol. The van der Waals surface area contributed by atoms with Crippen LogP contribution in [0, 0.1) is 11.6 Å². The highest BCUT2D eigenvalue weighted by Gasteiger charge is 2.21. The van der Waals surface area contributed by atoms with Gasteiger partial charge < -0.3 is 19.5 Å². The summed E-state index contributed by atoms with van der Waals surface area (Å²) in [7, 11) is 0. The second-order valence-corrected chi connectivity index (χ2v) is 5.55. The predicted octanol–water partition coefficient (Wildman–Crippen LogP) is 2.92. The molecule has 0 spiro atoms. The number of fused-ring (bicyclic) bond motifs is 1. The number of nitrogens with one attached hydrogen (secondary N) is 1. The van der Waals surface area contributed by atoms with Crippen LogP contribution in [-0.4, -0.2) is 31.2 Å². The van der Waals surface area contributed by atoms with Crippen molar-refractivity contribution in [3.63, 3.8) is 0 Å². The van der Waals surface area contributed by atoms with Crippen molar-refractivity contribution in [2.24, 2.45) is 0 Å². The smallest absolute Gasteiger partial charge is 0.339 e. The van der Waals surface area contributed by atoms with Crippen LogP contribution in [0.2, 0.25) is 0 Å².